The maximum absolute atomic E-state index is 6.39. The van der Waals surface area contributed by atoms with Gasteiger partial charge in [-0.15, -0.1) is 24.8 Å². The van der Waals surface area contributed by atoms with E-state index in [1.54, 1.807) is 0 Å². The molecule has 0 heterocycles. The van der Waals surface area contributed by atoms with Crippen molar-refractivity contribution < 1.29 is 0 Å². The zero-order chi connectivity index (χ0) is 12.8. The van der Waals surface area contributed by atoms with Gasteiger partial charge in [0.1, 0.15) is 5.84 Å². The van der Waals surface area contributed by atoms with Crippen LogP contribution in [0.15, 0.2) is 4.99 Å². The van der Waals surface area contributed by atoms with E-state index < -0.39 is 0 Å². The lowest BCUT2D eigenvalue weighted by molar-refractivity contribution is -0.0130. The van der Waals surface area contributed by atoms with Crippen LogP contribution in [0, 0.1) is 23.2 Å². The fourth-order valence-electron chi connectivity index (χ4n) is 4.96. The molecule has 0 aromatic carbocycles. The molecule has 4 aliphatic rings. The average Bonchev–Trinajstić information content (AvgIpc) is 2.26. The maximum Gasteiger partial charge on any atom is 0.100 e. The van der Waals surface area contributed by atoms with Crippen molar-refractivity contribution in [1.82, 2.24) is 4.90 Å². The molecule has 0 aliphatic heterocycles. The van der Waals surface area contributed by atoms with E-state index in [2.05, 4.69) is 19.0 Å². The first kappa shape index (κ1) is 18.1. The van der Waals surface area contributed by atoms with Crippen molar-refractivity contribution in [3.63, 3.8) is 0 Å². The smallest absolute Gasteiger partial charge is 0.100 e. The third-order valence-electron chi connectivity index (χ3n) is 5.41. The van der Waals surface area contributed by atoms with Gasteiger partial charge in [0, 0.05) is 12.0 Å². The van der Waals surface area contributed by atoms with E-state index in [0.29, 0.717) is 5.41 Å². The van der Waals surface area contributed by atoms with Crippen LogP contribution in [0.5, 0.6) is 0 Å². The topological polar surface area (TPSA) is 41.6 Å². The number of hydrogen-bond donors (Lipinski definition) is 1. The van der Waals surface area contributed by atoms with Gasteiger partial charge in [-0.2, -0.15) is 0 Å². The Morgan fingerprint density at radius 3 is 1.90 bits per heavy atom. The van der Waals surface area contributed by atoms with Crippen LogP contribution in [0.4, 0.5) is 0 Å². The zero-order valence-electron chi connectivity index (χ0n) is 12.7. The molecule has 4 rings (SSSR count). The van der Waals surface area contributed by atoms with Gasteiger partial charge >= 0.3 is 0 Å². The molecular formula is C15H29Cl2N3. The number of aliphatic imine (C=N–C) groups is 1. The summed E-state index contributed by atoms with van der Waals surface area (Å²) in [5, 5.41) is 0. The minimum absolute atomic E-state index is 0. The maximum atomic E-state index is 6.39. The Morgan fingerprint density at radius 1 is 1.05 bits per heavy atom. The van der Waals surface area contributed by atoms with E-state index in [1.165, 1.54) is 38.5 Å². The Bertz CT molecular complexity index is 320. The number of rotatable bonds is 4. The van der Waals surface area contributed by atoms with Crippen molar-refractivity contribution in [3.8, 4) is 0 Å². The predicted molar refractivity (Wildman–Crippen MR) is 90.1 cm³/mol. The van der Waals surface area contributed by atoms with Crippen LogP contribution < -0.4 is 5.73 Å². The Morgan fingerprint density at radius 2 is 1.50 bits per heavy atom. The largest absolute Gasteiger partial charge is 0.387 e. The van der Waals surface area contributed by atoms with Crippen molar-refractivity contribution in [2.24, 2.45) is 33.9 Å². The fraction of sp³-hybridized carbons (Fsp3) is 0.933. The molecule has 0 atom stereocenters. The molecule has 20 heavy (non-hydrogen) atoms. The highest BCUT2D eigenvalue weighted by Crippen LogP contribution is 2.60. The molecule has 0 unspecified atom stereocenters. The minimum Gasteiger partial charge on any atom is -0.387 e. The lowest BCUT2D eigenvalue weighted by Crippen LogP contribution is -2.52. The van der Waals surface area contributed by atoms with E-state index in [1.807, 2.05) is 0 Å². The van der Waals surface area contributed by atoms with E-state index in [-0.39, 0.29) is 24.8 Å². The van der Waals surface area contributed by atoms with E-state index in [9.17, 15) is 0 Å². The molecule has 2 N–H and O–H groups in total. The first-order valence-electron chi connectivity index (χ1n) is 7.52. The Hall–Kier alpha value is 0.01000. The van der Waals surface area contributed by atoms with Crippen LogP contribution >= 0.6 is 24.8 Å². The molecule has 0 amide bonds. The quantitative estimate of drug-likeness (QED) is 0.639. The summed E-state index contributed by atoms with van der Waals surface area (Å²) in [6, 6.07) is 0. The van der Waals surface area contributed by atoms with Gasteiger partial charge in [0.15, 0.2) is 0 Å². The number of hydrogen-bond acceptors (Lipinski definition) is 2. The molecule has 118 valence electrons. The van der Waals surface area contributed by atoms with Gasteiger partial charge in [0.2, 0.25) is 0 Å². The van der Waals surface area contributed by atoms with Gasteiger partial charge in [-0.05, 0) is 70.4 Å². The van der Waals surface area contributed by atoms with Gasteiger partial charge in [-0.25, -0.2) is 0 Å². The summed E-state index contributed by atoms with van der Waals surface area (Å²) in [4.78, 5) is 6.88. The molecule has 5 heteroatoms. The summed E-state index contributed by atoms with van der Waals surface area (Å²) in [7, 11) is 4.19. The standard InChI is InChI=1S/C15H27N3.2ClH/c1-18(2)4-3-17-14(16)15-8-11-5-12(9-15)7-13(6-11)10-15;;/h11-13H,3-10H2,1-2H3,(H2,16,17);2*1H. The molecule has 0 saturated heterocycles. The number of halogens is 2. The van der Waals surface area contributed by atoms with Crippen molar-refractivity contribution in [2.75, 3.05) is 27.2 Å². The molecule has 4 fully saturated rings. The molecule has 4 aliphatic carbocycles. The lowest BCUT2D eigenvalue weighted by atomic mass is 9.49. The van der Waals surface area contributed by atoms with Crippen LogP contribution in [0.2, 0.25) is 0 Å². The summed E-state index contributed by atoms with van der Waals surface area (Å²) >= 11 is 0. The van der Waals surface area contributed by atoms with E-state index >= 15 is 0 Å². The first-order valence-corrected chi connectivity index (χ1v) is 7.52. The number of nitrogens with zero attached hydrogens (tertiary/aromatic N) is 2. The van der Waals surface area contributed by atoms with Gasteiger partial charge in [0.25, 0.3) is 0 Å². The molecular weight excluding hydrogens is 293 g/mol. The highest BCUT2D eigenvalue weighted by Gasteiger charge is 2.52. The predicted octanol–water partition coefficient (Wildman–Crippen LogP) is 2.97. The Labute approximate surface area is 135 Å². The van der Waals surface area contributed by atoms with Crippen molar-refractivity contribution in [3.05, 3.63) is 0 Å². The summed E-state index contributed by atoms with van der Waals surface area (Å²) in [5.74, 6) is 3.86. The third-order valence-corrected chi connectivity index (χ3v) is 5.41. The molecule has 0 aromatic rings. The monoisotopic (exact) mass is 321 g/mol. The molecule has 3 nitrogen and oxygen atoms in total. The molecule has 0 radical (unpaired) electrons. The summed E-state index contributed by atoms with van der Waals surface area (Å²) in [5.41, 5.74) is 6.70. The normalized spacial score (nSPS) is 38.5. The van der Waals surface area contributed by atoms with Crippen LogP contribution in [-0.2, 0) is 0 Å². The zero-order valence-corrected chi connectivity index (χ0v) is 14.3. The van der Waals surface area contributed by atoms with Crippen molar-refractivity contribution >= 4 is 30.6 Å². The molecule has 4 bridgehead atoms. The van der Waals surface area contributed by atoms with Crippen LogP contribution in [0.1, 0.15) is 38.5 Å². The van der Waals surface area contributed by atoms with Crippen LogP contribution in [0.25, 0.3) is 0 Å². The number of likely N-dealkylation sites (N-methyl/N-ethyl adjacent to an activating group) is 1. The first-order chi connectivity index (χ1) is 8.57. The number of amidine groups is 1. The highest BCUT2D eigenvalue weighted by atomic mass is 35.5. The molecule has 0 aromatic heterocycles. The SMILES string of the molecule is CN(C)CCN=C(N)C12CC3CC(CC(C3)C1)C2.Cl.Cl. The van der Waals surface area contributed by atoms with Gasteiger partial charge < -0.3 is 10.6 Å². The molecule has 4 saturated carbocycles. The van der Waals surface area contributed by atoms with Crippen LogP contribution in [-0.4, -0.2) is 37.9 Å². The summed E-state index contributed by atoms with van der Waals surface area (Å²) < 4.78 is 0. The van der Waals surface area contributed by atoms with Crippen molar-refractivity contribution in [1.29, 1.82) is 0 Å². The Balaban J connectivity index is 0.000001000. The Kier molecular flexibility index (Phi) is 6.18. The van der Waals surface area contributed by atoms with Gasteiger partial charge in [-0.1, -0.05) is 0 Å². The molecule has 0 spiro atoms. The second-order valence-electron chi connectivity index (χ2n) is 7.27. The second kappa shape index (κ2) is 6.85. The van der Waals surface area contributed by atoms with Gasteiger partial charge in [0.05, 0.1) is 6.54 Å². The van der Waals surface area contributed by atoms with E-state index in [4.69, 9.17) is 10.7 Å². The average molecular weight is 322 g/mol. The number of nitrogens with two attached hydrogens (primary N) is 1. The lowest BCUT2D eigenvalue weighted by Gasteiger charge is -2.56. The third kappa shape index (κ3) is 3.42. The van der Waals surface area contributed by atoms with Gasteiger partial charge in [-0.3, -0.25) is 4.99 Å². The van der Waals surface area contributed by atoms with E-state index in [0.717, 1.165) is 36.7 Å². The van der Waals surface area contributed by atoms with Crippen LogP contribution in [0.3, 0.4) is 0 Å². The second-order valence-corrected chi connectivity index (χ2v) is 7.27. The highest BCUT2D eigenvalue weighted by molar-refractivity contribution is 5.87. The minimum atomic E-state index is 0. The van der Waals surface area contributed by atoms with Crippen molar-refractivity contribution in [2.45, 2.75) is 38.5 Å². The fourth-order valence-corrected chi connectivity index (χ4v) is 4.96. The summed E-state index contributed by atoms with van der Waals surface area (Å²) in [6.07, 6.45) is 8.42. The summed E-state index contributed by atoms with van der Waals surface area (Å²) in [6.45, 7) is 1.87.